The van der Waals surface area contributed by atoms with E-state index in [0.717, 1.165) is 35.7 Å². The smallest absolute Gasteiger partial charge is 0.159 e. The molecule has 0 aliphatic rings. The molecule has 2 rings (SSSR count). The van der Waals surface area contributed by atoms with Crippen LogP contribution >= 0.6 is 0 Å². The van der Waals surface area contributed by atoms with Crippen molar-refractivity contribution < 1.29 is 4.74 Å². The van der Waals surface area contributed by atoms with Gasteiger partial charge in [0, 0.05) is 18.0 Å². The molecular weight excluding hydrogens is 284 g/mol. The van der Waals surface area contributed by atoms with Crippen molar-refractivity contribution in [2.75, 3.05) is 6.61 Å². The summed E-state index contributed by atoms with van der Waals surface area (Å²) in [5.41, 5.74) is 2.09. The first-order valence-corrected chi connectivity index (χ1v) is 8.81. The van der Waals surface area contributed by atoms with Gasteiger partial charge in [0.1, 0.15) is 5.75 Å². The van der Waals surface area contributed by atoms with Crippen molar-refractivity contribution in [1.82, 2.24) is 9.97 Å². The Kier molecular flexibility index (Phi) is 7.58. The third-order valence-electron chi connectivity index (χ3n) is 3.91. The molecule has 1 heterocycles. The minimum atomic E-state index is 0.759. The fraction of sp³-hybridized carbons (Fsp3) is 0.500. The van der Waals surface area contributed by atoms with E-state index in [0.29, 0.717) is 0 Å². The van der Waals surface area contributed by atoms with Crippen LogP contribution < -0.4 is 4.74 Å². The lowest BCUT2D eigenvalue weighted by Crippen LogP contribution is -1.97. The van der Waals surface area contributed by atoms with Crippen molar-refractivity contribution in [2.45, 2.75) is 58.8 Å². The van der Waals surface area contributed by atoms with Crippen LogP contribution in [0.2, 0.25) is 0 Å². The molecule has 2 aromatic rings. The predicted molar refractivity (Wildman–Crippen MR) is 95.7 cm³/mol. The van der Waals surface area contributed by atoms with Gasteiger partial charge in [-0.3, -0.25) is 0 Å². The van der Waals surface area contributed by atoms with Crippen molar-refractivity contribution in [2.24, 2.45) is 0 Å². The topological polar surface area (TPSA) is 35.0 Å². The zero-order chi connectivity index (χ0) is 16.3. The van der Waals surface area contributed by atoms with Gasteiger partial charge in [0.15, 0.2) is 5.82 Å². The highest BCUT2D eigenvalue weighted by molar-refractivity contribution is 5.55. The monoisotopic (exact) mass is 312 g/mol. The molecule has 0 atom stereocenters. The largest absolute Gasteiger partial charge is 0.494 e. The van der Waals surface area contributed by atoms with E-state index in [1.807, 2.05) is 43.6 Å². The predicted octanol–water partition coefficient (Wildman–Crippen LogP) is 5.58. The fourth-order valence-electron chi connectivity index (χ4n) is 2.49. The van der Waals surface area contributed by atoms with E-state index in [1.54, 1.807) is 0 Å². The molecule has 0 saturated heterocycles. The molecule has 1 aromatic heterocycles. The van der Waals surface area contributed by atoms with Gasteiger partial charge in [-0.15, -0.1) is 0 Å². The van der Waals surface area contributed by atoms with E-state index >= 15 is 0 Å². The second-order valence-corrected chi connectivity index (χ2v) is 6.08. The number of hydrogen-bond donors (Lipinski definition) is 0. The molecule has 0 aliphatic carbocycles. The third kappa shape index (κ3) is 6.39. The molecule has 0 amide bonds. The molecule has 1 aromatic carbocycles. The van der Waals surface area contributed by atoms with Crippen LogP contribution in [0.3, 0.4) is 0 Å². The average Bonchev–Trinajstić information content (AvgIpc) is 2.59. The SMILES string of the molecule is CCCCCCCCCOc1ccc(-c2ncc(C)cn2)cc1. The van der Waals surface area contributed by atoms with Crippen LogP contribution in [0.1, 0.15) is 57.4 Å². The van der Waals surface area contributed by atoms with Crippen molar-refractivity contribution in [3.8, 4) is 17.1 Å². The van der Waals surface area contributed by atoms with E-state index < -0.39 is 0 Å². The first-order valence-electron chi connectivity index (χ1n) is 8.81. The number of unbranched alkanes of at least 4 members (excludes halogenated alkanes) is 6. The zero-order valence-electron chi connectivity index (χ0n) is 14.4. The summed E-state index contributed by atoms with van der Waals surface area (Å²) in [4.78, 5) is 8.69. The van der Waals surface area contributed by atoms with E-state index in [1.165, 1.54) is 38.5 Å². The average molecular weight is 312 g/mol. The maximum atomic E-state index is 5.80. The van der Waals surface area contributed by atoms with Gasteiger partial charge >= 0.3 is 0 Å². The number of ether oxygens (including phenoxy) is 1. The summed E-state index contributed by atoms with van der Waals surface area (Å²) in [7, 11) is 0. The lowest BCUT2D eigenvalue weighted by Gasteiger charge is -2.07. The molecule has 0 N–H and O–H groups in total. The van der Waals surface area contributed by atoms with Gasteiger partial charge in [0.05, 0.1) is 6.61 Å². The van der Waals surface area contributed by atoms with Crippen LogP contribution in [0.25, 0.3) is 11.4 Å². The van der Waals surface area contributed by atoms with Crippen molar-refractivity contribution in [3.63, 3.8) is 0 Å². The molecule has 0 unspecified atom stereocenters. The quantitative estimate of drug-likeness (QED) is 0.537. The Morgan fingerprint density at radius 2 is 1.43 bits per heavy atom. The molecule has 0 fully saturated rings. The van der Waals surface area contributed by atoms with Gasteiger partial charge < -0.3 is 4.74 Å². The van der Waals surface area contributed by atoms with Gasteiger partial charge in [-0.1, -0.05) is 45.4 Å². The fourth-order valence-corrected chi connectivity index (χ4v) is 2.49. The molecule has 3 nitrogen and oxygen atoms in total. The number of rotatable bonds is 10. The second kappa shape index (κ2) is 9.98. The molecule has 3 heteroatoms. The van der Waals surface area contributed by atoms with Gasteiger partial charge in [-0.05, 0) is 43.2 Å². The van der Waals surface area contributed by atoms with Gasteiger partial charge in [0.25, 0.3) is 0 Å². The van der Waals surface area contributed by atoms with E-state index in [4.69, 9.17) is 4.74 Å². The number of benzene rings is 1. The number of aryl methyl sites for hydroxylation is 1. The Morgan fingerprint density at radius 3 is 2.09 bits per heavy atom. The lowest BCUT2D eigenvalue weighted by molar-refractivity contribution is 0.304. The number of hydrogen-bond acceptors (Lipinski definition) is 3. The van der Waals surface area contributed by atoms with Gasteiger partial charge in [0.2, 0.25) is 0 Å². The Hall–Kier alpha value is -1.90. The van der Waals surface area contributed by atoms with Crippen LogP contribution in [0, 0.1) is 6.92 Å². The highest BCUT2D eigenvalue weighted by Gasteiger charge is 2.01. The van der Waals surface area contributed by atoms with E-state index in [2.05, 4.69) is 16.9 Å². The Bertz CT molecular complexity index is 549. The highest BCUT2D eigenvalue weighted by atomic mass is 16.5. The summed E-state index contributed by atoms with van der Waals surface area (Å²) >= 11 is 0. The van der Waals surface area contributed by atoms with Crippen LogP contribution in [0.5, 0.6) is 5.75 Å². The normalized spacial score (nSPS) is 10.7. The molecule has 0 bridgehead atoms. The summed E-state index contributed by atoms with van der Waals surface area (Å²) in [6.45, 7) is 5.04. The molecule has 0 radical (unpaired) electrons. The van der Waals surface area contributed by atoms with Crippen molar-refractivity contribution in [1.29, 1.82) is 0 Å². The first-order chi connectivity index (χ1) is 11.3. The first kappa shape index (κ1) is 17.5. The Labute approximate surface area is 140 Å². The summed E-state index contributed by atoms with van der Waals surface area (Å²) in [6, 6.07) is 8.04. The van der Waals surface area contributed by atoms with Gasteiger partial charge in [-0.2, -0.15) is 0 Å². The number of aromatic nitrogens is 2. The minimum absolute atomic E-state index is 0.759. The van der Waals surface area contributed by atoms with Crippen LogP contribution in [-0.4, -0.2) is 16.6 Å². The Balaban J connectivity index is 1.68. The van der Waals surface area contributed by atoms with Crippen molar-refractivity contribution >= 4 is 0 Å². The highest BCUT2D eigenvalue weighted by Crippen LogP contribution is 2.19. The molecule has 124 valence electrons. The Morgan fingerprint density at radius 1 is 0.826 bits per heavy atom. The second-order valence-electron chi connectivity index (χ2n) is 6.08. The summed E-state index contributed by atoms with van der Waals surface area (Å²) in [5, 5.41) is 0. The van der Waals surface area contributed by atoms with Gasteiger partial charge in [-0.25, -0.2) is 9.97 Å². The third-order valence-corrected chi connectivity index (χ3v) is 3.91. The zero-order valence-corrected chi connectivity index (χ0v) is 14.4. The maximum Gasteiger partial charge on any atom is 0.159 e. The molecule has 0 spiro atoms. The molecule has 23 heavy (non-hydrogen) atoms. The van der Waals surface area contributed by atoms with Crippen LogP contribution in [0.4, 0.5) is 0 Å². The van der Waals surface area contributed by atoms with E-state index in [-0.39, 0.29) is 0 Å². The van der Waals surface area contributed by atoms with E-state index in [9.17, 15) is 0 Å². The molecule has 0 saturated carbocycles. The summed E-state index contributed by atoms with van der Waals surface area (Å²) in [6.07, 6.45) is 12.8. The summed E-state index contributed by atoms with van der Waals surface area (Å²) in [5.74, 6) is 1.68. The number of nitrogens with zero attached hydrogens (tertiary/aromatic N) is 2. The maximum absolute atomic E-state index is 5.80. The minimum Gasteiger partial charge on any atom is -0.494 e. The summed E-state index contributed by atoms with van der Waals surface area (Å²) < 4.78 is 5.80. The van der Waals surface area contributed by atoms with Crippen molar-refractivity contribution in [3.05, 3.63) is 42.2 Å². The van der Waals surface area contributed by atoms with Crippen LogP contribution in [-0.2, 0) is 0 Å². The van der Waals surface area contributed by atoms with Crippen LogP contribution in [0.15, 0.2) is 36.7 Å². The molecule has 0 aliphatic heterocycles. The lowest BCUT2D eigenvalue weighted by atomic mass is 10.1. The molecular formula is C20H28N2O. The standard InChI is InChI=1S/C20H28N2O/c1-3-4-5-6-7-8-9-14-23-19-12-10-18(11-13-19)20-21-15-17(2)16-22-20/h10-13,15-16H,3-9,14H2,1-2H3.